The van der Waals surface area contributed by atoms with E-state index in [1.165, 1.54) is 26.5 Å². The quantitative estimate of drug-likeness (QED) is 0.470. The van der Waals surface area contributed by atoms with Crippen LogP contribution in [-0.2, 0) is 4.74 Å². The maximum atomic E-state index is 11.1. The first-order valence-electron chi connectivity index (χ1n) is 4.08. The highest BCUT2D eigenvalue weighted by molar-refractivity contribution is 6.59. The van der Waals surface area contributed by atoms with Crippen LogP contribution >= 0.6 is 0 Å². The SMILES string of the molecule is COC(=O)c1cc(B(O)O)c(OC)cn1. The summed E-state index contributed by atoms with van der Waals surface area (Å²) in [5, 5.41) is 18.0. The number of pyridine rings is 1. The van der Waals surface area contributed by atoms with E-state index in [-0.39, 0.29) is 16.9 Å². The van der Waals surface area contributed by atoms with Crippen molar-refractivity contribution in [3.63, 3.8) is 0 Å². The van der Waals surface area contributed by atoms with Crippen LogP contribution in [0.15, 0.2) is 12.3 Å². The molecule has 0 fully saturated rings. The van der Waals surface area contributed by atoms with Crippen molar-refractivity contribution in [2.24, 2.45) is 0 Å². The maximum absolute atomic E-state index is 11.1. The average Bonchev–Trinajstić information content (AvgIpc) is 2.27. The van der Waals surface area contributed by atoms with Crippen LogP contribution in [-0.4, -0.2) is 42.3 Å². The molecule has 0 aromatic carbocycles. The fourth-order valence-corrected chi connectivity index (χ4v) is 1.05. The number of carbonyl (C=O) groups excluding carboxylic acids is 1. The third kappa shape index (κ3) is 2.45. The second kappa shape index (κ2) is 4.76. The highest BCUT2D eigenvalue weighted by atomic mass is 16.5. The van der Waals surface area contributed by atoms with Crippen LogP contribution in [0, 0.1) is 0 Å². The second-order valence-corrected chi connectivity index (χ2v) is 2.68. The van der Waals surface area contributed by atoms with Gasteiger partial charge >= 0.3 is 13.1 Å². The van der Waals surface area contributed by atoms with Crippen molar-refractivity contribution in [1.29, 1.82) is 0 Å². The molecule has 0 radical (unpaired) electrons. The number of esters is 1. The van der Waals surface area contributed by atoms with Gasteiger partial charge in [0, 0.05) is 5.46 Å². The Hall–Kier alpha value is -1.60. The fourth-order valence-electron chi connectivity index (χ4n) is 1.05. The summed E-state index contributed by atoms with van der Waals surface area (Å²) in [7, 11) is 0.843. The van der Waals surface area contributed by atoms with Crippen LogP contribution in [0.2, 0.25) is 0 Å². The summed E-state index contributed by atoms with van der Waals surface area (Å²) >= 11 is 0. The van der Waals surface area contributed by atoms with Gasteiger partial charge in [0.2, 0.25) is 0 Å². The first-order chi connectivity index (χ1) is 7.10. The van der Waals surface area contributed by atoms with Gasteiger partial charge in [-0.05, 0) is 6.07 Å². The van der Waals surface area contributed by atoms with E-state index >= 15 is 0 Å². The maximum Gasteiger partial charge on any atom is 0.492 e. The van der Waals surface area contributed by atoms with E-state index < -0.39 is 13.1 Å². The van der Waals surface area contributed by atoms with Crippen LogP contribution in [0.4, 0.5) is 0 Å². The van der Waals surface area contributed by atoms with Gasteiger partial charge in [0.25, 0.3) is 0 Å². The summed E-state index contributed by atoms with van der Waals surface area (Å²) in [5.41, 5.74) is 0.0503. The Labute approximate surface area is 86.6 Å². The molecule has 2 N–H and O–H groups in total. The monoisotopic (exact) mass is 211 g/mol. The number of nitrogens with zero attached hydrogens (tertiary/aromatic N) is 1. The molecular weight excluding hydrogens is 201 g/mol. The zero-order valence-electron chi connectivity index (χ0n) is 8.30. The van der Waals surface area contributed by atoms with E-state index in [0.29, 0.717) is 0 Å². The second-order valence-electron chi connectivity index (χ2n) is 2.68. The summed E-state index contributed by atoms with van der Waals surface area (Å²) in [6.07, 6.45) is 1.22. The first-order valence-corrected chi connectivity index (χ1v) is 4.08. The van der Waals surface area contributed by atoms with Gasteiger partial charge in [0.1, 0.15) is 11.4 Å². The molecule has 0 spiro atoms. The fraction of sp³-hybridized carbons (Fsp3) is 0.250. The average molecular weight is 211 g/mol. The Morgan fingerprint density at radius 1 is 1.47 bits per heavy atom. The third-order valence-electron chi connectivity index (χ3n) is 1.79. The molecule has 15 heavy (non-hydrogen) atoms. The molecule has 0 aliphatic rings. The summed E-state index contributed by atoms with van der Waals surface area (Å²) < 4.78 is 9.28. The minimum absolute atomic E-state index is 0.0126. The van der Waals surface area contributed by atoms with E-state index in [0.717, 1.165) is 0 Å². The molecular formula is C8H10BNO5. The highest BCUT2D eigenvalue weighted by Crippen LogP contribution is 2.07. The molecule has 0 saturated heterocycles. The van der Waals surface area contributed by atoms with Gasteiger partial charge in [0.05, 0.1) is 20.4 Å². The van der Waals surface area contributed by atoms with E-state index in [1.807, 2.05) is 0 Å². The Morgan fingerprint density at radius 3 is 2.60 bits per heavy atom. The number of hydrogen-bond acceptors (Lipinski definition) is 6. The van der Waals surface area contributed by atoms with Gasteiger partial charge in [0.15, 0.2) is 0 Å². The third-order valence-corrected chi connectivity index (χ3v) is 1.79. The topological polar surface area (TPSA) is 88.9 Å². The molecule has 0 aliphatic heterocycles. The minimum Gasteiger partial charge on any atom is -0.496 e. The Morgan fingerprint density at radius 2 is 2.13 bits per heavy atom. The molecule has 0 aliphatic carbocycles. The van der Waals surface area contributed by atoms with Crippen molar-refractivity contribution in [1.82, 2.24) is 4.98 Å². The summed E-state index contributed by atoms with van der Waals surface area (Å²) in [4.78, 5) is 14.8. The highest BCUT2D eigenvalue weighted by Gasteiger charge is 2.20. The molecule has 0 bridgehead atoms. The lowest BCUT2D eigenvalue weighted by molar-refractivity contribution is 0.0594. The van der Waals surface area contributed by atoms with Gasteiger partial charge in [-0.2, -0.15) is 0 Å². The van der Waals surface area contributed by atoms with Crippen LogP contribution in [0.5, 0.6) is 5.75 Å². The molecule has 0 atom stereocenters. The molecule has 7 heteroatoms. The van der Waals surface area contributed by atoms with Crippen LogP contribution in [0.25, 0.3) is 0 Å². The number of aromatic nitrogens is 1. The molecule has 80 valence electrons. The van der Waals surface area contributed by atoms with Crippen molar-refractivity contribution < 1.29 is 24.3 Å². The minimum atomic E-state index is -1.73. The van der Waals surface area contributed by atoms with Crippen LogP contribution in [0.1, 0.15) is 10.5 Å². The Bertz CT molecular complexity index is 368. The summed E-state index contributed by atoms with van der Waals surface area (Å²) in [6.45, 7) is 0. The molecule has 0 amide bonds. The smallest absolute Gasteiger partial charge is 0.492 e. The van der Waals surface area contributed by atoms with Crippen molar-refractivity contribution >= 4 is 18.6 Å². The molecule has 6 nitrogen and oxygen atoms in total. The van der Waals surface area contributed by atoms with Gasteiger partial charge < -0.3 is 19.5 Å². The number of hydrogen-bond donors (Lipinski definition) is 2. The number of rotatable bonds is 3. The van der Waals surface area contributed by atoms with Crippen molar-refractivity contribution in [2.45, 2.75) is 0 Å². The zero-order chi connectivity index (χ0) is 11.4. The van der Waals surface area contributed by atoms with Crippen molar-refractivity contribution in [3.05, 3.63) is 18.0 Å². The van der Waals surface area contributed by atoms with Crippen LogP contribution < -0.4 is 10.2 Å². The lowest BCUT2D eigenvalue weighted by Crippen LogP contribution is -2.32. The molecule has 0 saturated carbocycles. The molecule has 1 rings (SSSR count). The Balaban J connectivity index is 3.16. The summed E-state index contributed by atoms with van der Waals surface area (Å²) in [6, 6.07) is 1.20. The molecule has 0 unspecified atom stereocenters. The largest absolute Gasteiger partial charge is 0.496 e. The zero-order valence-corrected chi connectivity index (χ0v) is 8.30. The first kappa shape index (κ1) is 11.5. The molecule has 1 heterocycles. The normalized spacial score (nSPS) is 9.60. The molecule has 1 aromatic heterocycles. The van der Waals surface area contributed by atoms with E-state index in [9.17, 15) is 4.79 Å². The van der Waals surface area contributed by atoms with E-state index in [4.69, 9.17) is 14.8 Å². The van der Waals surface area contributed by atoms with E-state index in [1.54, 1.807) is 0 Å². The number of carbonyl (C=O) groups is 1. The van der Waals surface area contributed by atoms with Gasteiger partial charge in [-0.1, -0.05) is 0 Å². The predicted molar refractivity (Wildman–Crippen MR) is 52.0 cm³/mol. The van der Waals surface area contributed by atoms with Crippen molar-refractivity contribution in [3.8, 4) is 5.75 Å². The number of methoxy groups -OCH3 is 2. The summed E-state index contributed by atoms with van der Waals surface area (Å²) in [5.74, 6) is -0.461. The lowest BCUT2D eigenvalue weighted by atomic mass is 9.80. The predicted octanol–water partition coefficient (Wildman–Crippen LogP) is -1.44. The molecule has 1 aromatic rings. The van der Waals surface area contributed by atoms with Gasteiger partial charge in [-0.15, -0.1) is 0 Å². The Kier molecular flexibility index (Phi) is 3.65. The lowest BCUT2D eigenvalue weighted by Gasteiger charge is -2.08. The van der Waals surface area contributed by atoms with Crippen LogP contribution in [0.3, 0.4) is 0 Å². The van der Waals surface area contributed by atoms with E-state index in [2.05, 4.69) is 9.72 Å². The van der Waals surface area contributed by atoms with Gasteiger partial charge in [-0.25, -0.2) is 9.78 Å². The number of ether oxygens (including phenoxy) is 2. The standard InChI is InChI=1S/C8H10BNO5/c1-14-7-4-10-6(8(11)15-2)3-5(7)9(12)13/h3-4,12-13H,1-2H3. The van der Waals surface area contributed by atoms with Crippen molar-refractivity contribution in [2.75, 3.05) is 14.2 Å². The van der Waals surface area contributed by atoms with Gasteiger partial charge in [-0.3, -0.25) is 0 Å².